The summed E-state index contributed by atoms with van der Waals surface area (Å²) in [6, 6.07) is 6.49. The number of hydrogen-bond acceptors (Lipinski definition) is 3. The molecule has 0 saturated carbocycles. The summed E-state index contributed by atoms with van der Waals surface area (Å²) < 4.78 is 5.01. The van der Waals surface area contributed by atoms with Gasteiger partial charge in [-0.2, -0.15) is 0 Å². The summed E-state index contributed by atoms with van der Waals surface area (Å²) in [6.07, 6.45) is 1.44. The van der Waals surface area contributed by atoms with E-state index in [1.807, 2.05) is 13.8 Å². The highest BCUT2D eigenvalue weighted by Crippen LogP contribution is 2.24. The average molecular weight is 216 g/mol. The molecule has 0 aliphatic carbocycles. The highest BCUT2D eigenvalue weighted by Gasteiger charge is 2.16. The molecule has 1 aromatic carbocycles. The van der Waals surface area contributed by atoms with Crippen LogP contribution >= 0.6 is 0 Å². The Bertz CT molecular complexity index is 524. The molecule has 2 rings (SSSR count). The number of aromatic hydroxyl groups is 1. The first-order valence-corrected chi connectivity index (χ1v) is 4.98. The molecule has 0 radical (unpaired) electrons. The van der Waals surface area contributed by atoms with E-state index in [1.165, 1.54) is 6.26 Å². The number of phenolic OH excluding ortho intramolecular Hbond substituents is 1. The van der Waals surface area contributed by atoms with Gasteiger partial charge in [-0.25, -0.2) is 0 Å². The highest BCUT2D eigenvalue weighted by atomic mass is 16.3. The fourth-order valence-electron chi connectivity index (χ4n) is 1.52. The van der Waals surface area contributed by atoms with Crippen molar-refractivity contribution in [3.05, 3.63) is 53.0 Å². The van der Waals surface area contributed by atoms with Crippen LogP contribution in [0.4, 0.5) is 0 Å². The third kappa shape index (κ3) is 1.72. The number of benzene rings is 1. The van der Waals surface area contributed by atoms with Crippen molar-refractivity contribution >= 4 is 5.78 Å². The van der Waals surface area contributed by atoms with Crippen LogP contribution < -0.4 is 0 Å². The molecule has 3 nitrogen and oxygen atoms in total. The SMILES string of the molecule is Cc1cc(O)c(C(=O)c2ccco2)cc1C. The largest absolute Gasteiger partial charge is 0.507 e. The van der Waals surface area contributed by atoms with Gasteiger partial charge in [0.15, 0.2) is 5.76 Å². The van der Waals surface area contributed by atoms with E-state index in [2.05, 4.69) is 0 Å². The molecule has 1 N–H and O–H groups in total. The summed E-state index contributed by atoms with van der Waals surface area (Å²) in [5, 5.41) is 9.72. The molecule has 1 aromatic heterocycles. The van der Waals surface area contributed by atoms with E-state index in [1.54, 1.807) is 24.3 Å². The van der Waals surface area contributed by atoms with Gasteiger partial charge in [0.1, 0.15) is 5.75 Å². The van der Waals surface area contributed by atoms with Gasteiger partial charge in [0.25, 0.3) is 0 Å². The predicted molar refractivity (Wildman–Crippen MR) is 59.7 cm³/mol. The first kappa shape index (κ1) is 10.5. The minimum atomic E-state index is -0.300. The Kier molecular flexibility index (Phi) is 2.52. The molecular weight excluding hydrogens is 204 g/mol. The van der Waals surface area contributed by atoms with Gasteiger partial charge < -0.3 is 9.52 Å². The molecule has 0 saturated heterocycles. The summed E-state index contributed by atoms with van der Waals surface area (Å²) in [7, 11) is 0. The second-order valence-corrected chi connectivity index (χ2v) is 3.76. The number of aryl methyl sites for hydroxylation is 2. The monoisotopic (exact) mass is 216 g/mol. The predicted octanol–water partition coefficient (Wildman–Crippen LogP) is 2.83. The van der Waals surface area contributed by atoms with Gasteiger partial charge in [0.2, 0.25) is 5.78 Å². The van der Waals surface area contributed by atoms with Crippen LogP contribution in [0.5, 0.6) is 5.75 Å². The lowest BCUT2D eigenvalue weighted by atomic mass is 10.0. The van der Waals surface area contributed by atoms with Crippen molar-refractivity contribution in [1.82, 2.24) is 0 Å². The molecule has 0 aliphatic heterocycles. The summed E-state index contributed by atoms with van der Waals surface area (Å²) in [5.74, 6) is -0.0753. The molecule has 1 heterocycles. The number of carbonyl (C=O) groups excluding carboxylic acids is 1. The first-order valence-electron chi connectivity index (χ1n) is 4.98. The van der Waals surface area contributed by atoms with E-state index in [0.29, 0.717) is 0 Å². The van der Waals surface area contributed by atoms with Crippen molar-refractivity contribution in [3.63, 3.8) is 0 Å². The van der Waals surface area contributed by atoms with Crippen LogP contribution in [0.2, 0.25) is 0 Å². The molecule has 0 bridgehead atoms. The number of furan rings is 1. The lowest BCUT2D eigenvalue weighted by Crippen LogP contribution is -2.01. The normalized spacial score (nSPS) is 10.4. The van der Waals surface area contributed by atoms with Gasteiger partial charge in [-0.1, -0.05) is 0 Å². The second-order valence-electron chi connectivity index (χ2n) is 3.76. The standard InChI is InChI=1S/C13H12O3/c1-8-6-10(11(14)7-9(8)2)13(15)12-4-3-5-16-12/h3-7,14H,1-2H3. The van der Waals surface area contributed by atoms with Crippen LogP contribution in [0.1, 0.15) is 27.2 Å². The number of phenols is 1. The van der Waals surface area contributed by atoms with E-state index in [4.69, 9.17) is 4.42 Å². The van der Waals surface area contributed by atoms with Gasteiger partial charge in [-0.15, -0.1) is 0 Å². The molecule has 2 aromatic rings. The minimum Gasteiger partial charge on any atom is -0.507 e. The zero-order chi connectivity index (χ0) is 11.7. The first-order chi connectivity index (χ1) is 7.59. The van der Waals surface area contributed by atoms with E-state index in [-0.39, 0.29) is 22.9 Å². The van der Waals surface area contributed by atoms with E-state index < -0.39 is 0 Å². The van der Waals surface area contributed by atoms with Gasteiger partial charge in [-0.3, -0.25) is 4.79 Å². The Morgan fingerprint density at radius 1 is 1.25 bits per heavy atom. The van der Waals surface area contributed by atoms with Gasteiger partial charge >= 0.3 is 0 Å². The number of carbonyl (C=O) groups is 1. The highest BCUT2D eigenvalue weighted by molar-refractivity contribution is 6.09. The third-order valence-electron chi connectivity index (χ3n) is 2.60. The van der Waals surface area contributed by atoms with Crippen LogP contribution in [0, 0.1) is 13.8 Å². The fraction of sp³-hybridized carbons (Fsp3) is 0.154. The zero-order valence-corrected chi connectivity index (χ0v) is 9.15. The smallest absolute Gasteiger partial charge is 0.231 e. The third-order valence-corrected chi connectivity index (χ3v) is 2.60. The van der Waals surface area contributed by atoms with Crippen molar-refractivity contribution in [1.29, 1.82) is 0 Å². The maximum absolute atomic E-state index is 11.9. The van der Waals surface area contributed by atoms with Crippen LogP contribution in [-0.4, -0.2) is 10.9 Å². The lowest BCUT2D eigenvalue weighted by Gasteiger charge is -2.06. The summed E-state index contributed by atoms with van der Waals surface area (Å²) in [5.41, 5.74) is 2.19. The molecule has 82 valence electrons. The van der Waals surface area contributed by atoms with Crippen LogP contribution in [-0.2, 0) is 0 Å². The molecular formula is C13H12O3. The Labute approximate surface area is 93.3 Å². The molecule has 0 amide bonds. The van der Waals surface area contributed by atoms with Gasteiger partial charge in [-0.05, 0) is 49.2 Å². The summed E-state index contributed by atoms with van der Waals surface area (Å²) in [4.78, 5) is 11.9. The number of ketones is 1. The van der Waals surface area contributed by atoms with Crippen molar-refractivity contribution in [3.8, 4) is 5.75 Å². The van der Waals surface area contributed by atoms with Crippen LogP contribution in [0.25, 0.3) is 0 Å². The number of rotatable bonds is 2. The average Bonchev–Trinajstić information content (AvgIpc) is 2.75. The lowest BCUT2D eigenvalue weighted by molar-refractivity contribution is 0.101. The van der Waals surface area contributed by atoms with Crippen LogP contribution in [0.15, 0.2) is 34.9 Å². The van der Waals surface area contributed by atoms with Crippen LogP contribution in [0.3, 0.4) is 0 Å². The van der Waals surface area contributed by atoms with Gasteiger partial charge in [0.05, 0.1) is 11.8 Å². The Morgan fingerprint density at radius 3 is 2.56 bits per heavy atom. The fourth-order valence-corrected chi connectivity index (χ4v) is 1.52. The second kappa shape index (κ2) is 3.85. The number of hydrogen-bond donors (Lipinski definition) is 1. The quantitative estimate of drug-likeness (QED) is 0.785. The van der Waals surface area contributed by atoms with Crippen molar-refractivity contribution in [2.24, 2.45) is 0 Å². The Morgan fingerprint density at radius 2 is 1.94 bits per heavy atom. The molecule has 0 unspecified atom stereocenters. The van der Waals surface area contributed by atoms with E-state index >= 15 is 0 Å². The molecule has 0 atom stereocenters. The summed E-state index contributed by atoms with van der Waals surface area (Å²) >= 11 is 0. The Balaban J connectivity index is 2.49. The Hall–Kier alpha value is -2.03. The minimum absolute atomic E-state index is 0.00972. The van der Waals surface area contributed by atoms with E-state index in [0.717, 1.165) is 11.1 Å². The van der Waals surface area contributed by atoms with Crippen molar-refractivity contribution < 1.29 is 14.3 Å². The van der Waals surface area contributed by atoms with Gasteiger partial charge in [0, 0.05) is 0 Å². The van der Waals surface area contributed by atoms with Crippen molar-refractivity contribution in [2.75, 3.05) is 0 Å². The molecule has 16 heavy (non-hydrogen) atoms. The maximum atomic E-state index is 11.9. The zero-order valence-electron chi connectivity index (χ0n) is 9.15. The van der Waals surface area contributed by atoms with E-state index in [9.17, 15) is 9.90 Å². The topological polar surface area (TPSA) is 50.4 Å². The molecule has 0 fully saturated rings. The summed E-state index contributed by atoms with van der Waals surface area (Å²) in [6.45, 7) is 3.78. The molecule has 3 heteroatoms. The molecule has 0 aliphatic rings. The van der Waals surface area contributed by atoms with Crippen molar-refractivity contribution in [2.45, 2.75) is 13.8 Å². The maximum Gasteiger partial charge on any atom is 0.231 e. The molecule has 0 spiro atoms.